The van der Waals surface area contributed by atoms with Gasteiger partial charge in [0.2, 0.25) is 0 Å². The van der Waals surface area contributed by atoms with Crippen molar-refractivity contribution in [3.05, 3.63) is 75.2 Å². The van der Waals surface area contributed by atoms with Crippen molar-refractivity contribution in [3.8, 4) is 11.4 Å². The van der Waals surface area contributed by atoms with Crippen molar-refractivity contribution >= 4 is 11.9 Å². The Bertz CT molecular complexity index is 963. The Labute approximate surface area is 139 Å². The predicted molar refractivity (Wildman–Crippen MR) is 96.0 cm³/mol. The molecule has 5 heteroatoms. The summed E-state index contributed by atoms with van der Waals surface area (Å²) in [5.41, 5.74) is 4.91. The van der Waals surface area contributed by atoms with Crippen LogP contribution in [0.2, 0.25) is 0 Å². The SMILES string of the molecule is Cc1ccc(-n2[nH]c(C)c(C=Nc3ccc(O)cc3)c2=O)cc1C. The van der Waals surface area contributed by atoms with Gasteiger partial charge >= 0.3 is 0 Å². The van der Waals surface area contributed by atoms with Gasteiger partial charge < -0.3 is 5.11 Å². The summed E-state index contributed by atoms with van der Waals surface area (Å²) in [5, 5.41) is 12.4. The molecule has 1 heterocycles. The van der Waals surface area contributed by atoms with Gasteiger partial charge in [0.1, 0.15) is 5.75 Å². The molecule has 3 aromatic rings. The number of phenolic OH excluding ortho intramolecular Hbond substituents is 1. The minimum atomic E-state index is -0.140. The average molecular weight is 321 g/mol. The number of H-pyrrole nitrogens is 1. The van der Waals surface area contributed by atoms with Crippen LogP contribution >= 0.6 is 0 Å². The third-order valence-corrected chi connectivity index (χ3v) is 4.06. The molecule has 0 aliphatic carbocycles. The van der Waals surface area contributed by atoms with E-state index in [9.17, 15) is 9.90 Å². The van der Waals surface area contributed by atoms with E-state index in [0.29, 0.717) is 11.3 Å². The third-order valence-electron chi connectivity index (χ3n) is 4.06. The topological polar surface area (TPSA) is 70.4 Å². The molecule has 2 aromatic carbocycles. The fourth-order valence-electron chi connectivity index (χ4n) is 2.44. The summed E-state index contributed by atoms with van der Waals surface area (Å²) in [6, 6.07) is 12.4. The molecule has 24 heavy (non-hydrogen) atoms. The van der Waals surface area contributed by atoms with Crippen molar-refractivity contribution in [2.45, 2.75) is 20.8 Å². The van der Waals surface area contributed by atoms with Gasteiger partial charge in [-0.25, -0.2) is 4.68 Å². The van der Waals surface area contributed by atoms with Gasteiger partial charge in [0.15, 0.2) is 0 Å². The number of nitrogens with zero attached hydrogens (tertiary/aromatic N) is 2. The molecular formula is C19H19N3O2. The Hall–Kier alpha value is -3.08. The summed E-state index contributed by atoms with van der Waals surface area (Å²) in [6.45, 7) is 5.90. The number of rotatable bonds is 3. The number of aromatic nitrogens is 2. The van der Waals surface area contributed by atoms with Gasteiger partial charge in [0.25, 0.3) is 5.56 Å². The zero-order valence-corrected chi connectivity index (χ0v) is 13.9. The van der Waals surface area contributed by atoms with Gasteiger partial charge in [0.05, 0.1) is 16.9 Å². The van der Waals surface area contributed by atoms with Gasteiger partial charge in [-0.05, 0) is 68.3 Å². The zero-order chi connectivity index (χ0) is 17.3. The van der Waals surface area contributed by atoms with Crippen molar-refractivity contribution in [1.82, 2.24) is 9.78 Å². The summed E-state index contributed by atoms with van der Waals surface area (Å²) >= 11 is 0. The first kappa shape index (κ1) is 15.8. The van der Waals surface area contributed by atoms with Crippen molar-refractivity contribution < 1.29 is 5.11 Å². The van der Waals surface area contributed by atoms with Crippen LogP contribution in [0.15, 0.2) is 52.3 Å². The molecule has 122 valence electrons. The molecule has 0 radical (unpaired) electrons. The van der Waals surface area contributed by atoms with Gasteiger partial charge in [-0.15, -0.1) is 0 Å². The molecule has 0 amide bonds. The van der Waals surface area contributed by atoms with E-state index >= 15 is 0 Å². The number of hydrogen-bond acceptors (Lipinski definition) is 3. The lowest BCUT2D eigenvalue weighted by molar-refractivity contribution is 0.475. The molecule has 0 unspecified atom stereocenters. The summed E-state index contributed by atoms with van der Waals surface area (Å²) in [5.74, 6) is 0.184. The first-order valence-electron chi connectivity index (χ1n) is 7.68. The van der Waals surface area contributed by atoms with Crippen LogP contribution in [0.4, 0.5) is 5.69 Å². The molecule has 0 atom stereocenters. The Morgan fingerprint density at radius 2 is 1.75 bits per heavy atom. The van der Waals surface area contributed by atoms with Crippen LogP contribution in [0, 0.1) is 20.8 Å². The first-order valence-corrected chi connectivity index (χ1v) is 7.68. The van der Waals surface area contributed by atoms with Crippen LogP contribution in [-0.2, 0) is 0 Å². The van der Waals surface area contributed by atoms with Crippen LogP contribution in [0.25, 0.3) is 5.69 Å². The first-order chi connectivity index (χ1) is 11.5. The molecular weight excluding hydrogens is 302 g/mol. The Morgan fingerprint density at radius 1 is 1.04 bits per heavy atom. The smallest absolute Gasteiger partial charge is 0.280 e. The number of phenols is 1. The fraction of sp³-hybridized carbons (Fsp3) is 0.158. The molecule has 0 fully saturated rings. The maximum absolute atomic E-state index is 12.7. The highest BCUT2D eigenvalue weighted by atomic mass is 16.3. The lowest BCUT2D eigenvalue weighted by Gasteiger charge is -2.05. The van der Waals surface area contributed by atoms with Crippen LogP contribution in [0.3, 0.4) is 0 Å². The van der Waals surface area contributed by atoms with E-state index in [1.165, 1.54) is 10.2 Å². The molecule has 3 rings (SSSR count). The van der Waals surface area contributed by atoms with E-state index in [1.807, 2.05) is 39.0 Å². The maximum Gasteiger partial charge on any atom is 0.280 e. The minimum Gasteiger partial charge on any atom is -0.508 e. The molecule has 2 N–H and O–H groups in total. The predicted octanol–water partition coefficient (Wildman–Crippen LogP) is 3.55. The number of aromatic hydroxyl groups is 1. The number of benzene rings is 2. The summed E-state index contributed by atoms with van der Waals surface area (Å²) < 4.78 is 1.53. The van der Waals surface area contributed by atoms with Crippen molar-refractivity contribution in [2.24, 2.45) is 4.99 Å². The van der Waals surface area contributed by atoms with Crippen LogP contribution in [-0.4, -0.2) is 21.1 Å². The maximum atomic E-state index is 12.7. The summed E-state index contributed by atoms with van der Waals surface area (Å²) in [4.78, 5) is 17.0. The van der Waals surface area contributed by atoms with Gasteiger partial charge in [-0.1, -0.05) is 6.07 Å². The monoisotopic (exact) mass is 321 g/mol. The van der Waals surface area contributed by atoms with Gasteiger partial charge in [0, 0.05) is 11.9 Å². The largest absolute Gasteiger partial charge is 0.508 e. The number of aryl methyl sites for hydroxylation is 3. The molecule has 0 aliphatic rings. The lowest BCUT2D eigenvalue weighted by Crippen LogP contribution is -2.17. The zero-order valence-electron chi connectivity index (χ0n) is 13.9. The van der Waals surface area contributed by atoms with E-state index < -0.39 is 0 Å². The van der Waals surface area contributed by atoms with E-state index in [0.717, 1.165) is 16.9 Å². The summed E-state index contributed by atoms with van der Waals surface area (Å²) in [7, 11) is 0. The highest BCUT2D eigenvalue weighted by Crippen LogP contribution is 2.17. The van der Waals surface area contributed by atoms with Crippen molar-refractivity contribution in [3.63, 3.8) is 0 Å². The Morgan fingerprint density at radius 3 is 2.42 bits per heavy atom. The van der Waals surface area contributed by atoms with E-state index in [2.05, 4.69) is 10.1 Å². The molecule has 0 spiro atoms. The third kappa shape index (κ3) is 3.01. The molecule has 5 nitrogen and oxygen atoms in total. The van der Waals surface area contributed by atoms with E-state index in [4.69, 9.17) is 0 Å². The normalized spacial score (nSPS) is 11.3. The van der Waals surface area contributed by atoms with Crippen LogP contribution < -0.4 is 5.56 Å². The number of aliphatic imine (C=N–C) groups is 1. The van der Waals surface area contributed by atoms with Crippen LogP contribution in [0.1, 0.15) is 22.4 Å². The quantitative estimate of drug-likeness (QED) is 0.724. The van der Waals surface area contributed by atoms with Gasteiger partial charge in [-0.2, -0.15) is 0 Å². The number of aromatic amines is 1. The van der Waals surface area contributed by atoms with E-state index in [1.54, 1.807) is 30.5 Å². The van der Waals surface area contributed by atoms with Gasteiger partial charge in [-0.3, -0.25) is 14.9 Å². The Balaban J connectivity index is 1.99. The van der Waals surface area contributed by atoms with E-state index in [-0.39, 0.29) is 11.3 Å². The summed E-state index contributed by atoms with van der Waals surface area (Å²) in [6.07, 6.45) is 1.55. The molecule has 0 bridgehead atoms. The number of hydrogen-bond donors (Lipinski definition) is 2. The second-order valence-electron chi connectivity index (χ2n) is 5.83. The molecule has 0 saturated carbocycles. The van der Waals surface area contributed by atoms with Crippen molar-refractivity contribution in [1.29, 1.82) is 0 Å². The van der Waals surface area contributed by atoms with Crippen LogP contribution in [0.5, 0.6) is 5.75 Å². The number of nitrogens with one attached hydrogen (secondary N) is 1. The second kappa shape index (κ2) is 6.20. The minimum absolute atomic E-state index is 0.140. The lowest BCUT2D eigenvalue weighted by atomic mass is 10.1. The molecule has 1 aromatic heterocycles. The highest BCUT2D eigenvalue weighted by molar-refractivity contribution is 5.83. The highest BCUT2D eigenvalue weighted by Gasteiger charge is 2.11. The average Bonchev–Trinajstić information content (AvgIpc) is 2.84. The Kier molecular flexibility index (Phi) is 4.08. The van der Waals surface area contributed by atoms with Crippen molar-refractivity contribution in [2.75, 3.05) is 0 Å². The second-order valence-corrected chi connectivity index (χ2v) is 5.83. The molecule has 0 aliphatic heterocycles. The molecule has 0 saturated heterocycles. The standard InChI is InChI=1S/C19H19N3O2/c1-12-4-7-16(10-13(12)2)22-19(24)18(14(3)21-22)11-20-15-5-8-17(23)9-6-15/h4-11,21,23H,1-3H3. The fourth-order valence-corrected chi connectivity index (χ4v) is 2.44.